The quantitative estimate of drug-likeness (QED) is 0.194. The third-order valence-electron chi connectivity index (χ3n) is 5.25. The molecule has 4 nitrogen and oxygen atoms in total. The van der Waals surface area contributed by atoms with E-state index >= 15 is 0 Å². The Hall–Kier alpha value is 1.51. The summed E-state index contributed by atoms with van der Waals surface area (Å²) in [4.78, 5) is 0. The molecule has 0 aliphatic carbocycles. The molecule has 0 heterocycles. The van der Waals surface area contributed by atoms with Crippen molar-refractivity contribution in [3.63, 3.8) is 0 Å². The van der Waals surface area contributed by atoms with Crippen molar-refractivity contribution in [2.24, 2.45) is 0 Å². The van der Waals surface area contributed by atoms with Gasteiger partial charge < -0.3 is 9.66 Å². The molecule has 0 fully saturated rings. The van der Waals surface area contributed by atoms with E-state index in [0.717, 1.165) is 51.4 Å². The van der Waals surface area contributed by atoms with Gasteiger partial charge in [-0.05, 0) is 12.8 Å². The first kappa shape index (κ1) is 30.7. The number of hydrogen-bond donors (Lipinski definition) is 1. The Morgan fingerprint density at radius 1 is 0.667 bits per heavy atom. The van der Waals surface area contributed by atoms with Crippen LogP contribution in [0.4, 0.5) is 0 Å². The predicted octanol–water partition coefficient (Wildman–Crippen LogP) is 2.94. The van der Waals surface area contributed by atoms with E-state index in [1.54, 1.807) is 0 Å². The van der Waals surface area contributed by atoms with Crippen LogP contribution < -0.4 is 51.4 Å². The van der Waals surface area contributed by atoms with E-state index in [4.69, 9.17) is 0 Å². The maximum atomic E-state index is 11.5. The van der Waals surface area contributed by atoms with Gasteiger partial charge in [0.25, 0.3) is 0 Å². The summed E-state index contributed by atoms with van der Waals surface area (Å²) in [5.74, 6) is 0. The Labute approximate surface area is 211 Å². The zero-order chi connectivity index (χ0) is 19.7. The van der Waals surface area contributed by atoms with E-state index in [9.17, 15) is 18.1 Å². The number of rotatable bonds is 19. The van der Waals surface area contributed by atoms with Gasteiger partial charge in [-0.1, -0.05) is 110 Å². The van der Waals surface area contributed by atoms with Crippen LogP contribution in [-0.4, -0.2) is 29.4 Å². The Kier molecular flexibility index (Phi) is 23.6. The van der Waals surface area contributed by atoms with Crippen molar-refractivity contribution in [2.45, 2.75) is 134 Å². The van der Waals surface area contributed by atoms with Crippen LogP contribution >= 0.6 is 0 Å². The third-order valence-corrected chi connectivity index (χ3v) is 6.54. The zero-order valence-corrected chi connectivity index (χ0v) is 22.2. The summed E-state index contributed by atoms with van der Waals surface area (Å²) in [5.41, 5.74) is 0. The Bertz CT molecular complexity index is 401. The minimum atomic E-state index is -4.42. The molecule has 0 spiro atoms. The van der Waals surface area contributed by atoms with Gasteiger partial charge in [0.1, 0.15) is 10.1 Å². The number of aliphatic hydroxyl groups is 1. The smallest absolute Gasteiger partial charge is 0.748 e. The second kappa shape index (κ2) is 20.8. The average molecular weight is 431 g/mol. The van der Waals surface area contributed by atoms with E-state index in [2.05, 4.69) is 13.8 Å². The fourth-order valence-electron chi connectivity index (χ4n) is 3.50. The number of hydrogen-bond acceptors (Lipinski definition) is 4. The van der Waals surface area contributed by atoms with Crippen LogP contribution in [0, 0.1) is 0 Å². The molecule has 0 aromatic heterocycles. The first-order chi connectivity index (χ1) is 12.4. The van der Waals surface area contributed by atoms with Crippen molar-refractivity contribution >= 4 is 10.1 Å². The molecule has 0 amide bonds. The van der Waals surface area contributed by atoms with Gasteiger partial charge in [-0.3, -0.25) is 0 Å². The molecular formula is C21H43KO4S. The van der Waals surface area contributed by atoms with E-state index in [0.29, 0.717) is 12.8 Å². The molecular weight excluding hydrogens is 387 g/mol. The van der Waals surface area contributed by atoms with Crippen molar-refractivity contribution in [1.82, 2.24) is 0 Å². The maximum Gasteiger partial charge on any atom is 1.00 e. The van der Waals surface area contributed by atoms with Crippen molar-refractivity contribution < 1.29 is 69.5 Å². The molecule has 1 N–H and O–H groups in total. The van der Waals surface area contributed by atoms with Gasteiger partial charge in [0.15, 0.2) is 0 Å². The Morgan fingerprint density at radius 3 is 1.37 bits per heavy atom. The van der Waals surface area contributed by atoms with Gasteiger partial charge in [-0.15, -0.1) is 0 Å². The van der Waals surface area contributed by atoms with Gasteiger partial charge in [-0.25, -0.2) is 8.42 Å². The molecule has 158 valence electrons. The summed E-state index contributed by atoms with van der Waals surface area (Å²) >= 11 is 0. The predicted molar refractivity (Wildman–Crippen MR) is 109 cm³/mol. The van der Waals surface area contributed by atoms with Gasteiger partial charge in [-0.2, -0.15) is 0 Å². The molecule has 0 aromatic rings. The van der Waals surface area contributed by atoms with Crippen molar-refractivity contribution in [3.8, 4) is 0 Å². The van der Waals surface area contributed by atoms with E-state index in [1.807, 2.05) is 0 Å². The monoisotopic (exact) mass is 430 g/mol. The molecule has 0 aromatic carbocycles. The third kappa shape index (κ3) is 19.2. The Balaban J connectivity index is 0. The molecule has 0 aliphatic heterocycles. The second-order valence-corrected chi connectivity index (χ2v) is 9.36. The average Bonchev–Trinajstić information content (AvgIpc) is 2.58. The van der Waals surface area contributed by atoms with Crippen LogP contribution in [0.15, 0.2) is 0 Å². The van der Waals surface area contributed by atoms with Crippen LogP contribution in [0.3, 0.4) is 0 Å². The maximum absolute atomic E-state index is 11.5. The summed E-state index contributed by atoms with van der Waals surface area (Å²) in [6.07, 6.45) is 16.6. The molecule has 0 saturated heterocycles. The summed E-state index contributed by atoms with van der Waals surface area (Å²) < 4.78 is 34.5. The molecule has 0 bridgehead atoms. The van der Waals surface area contributed by atoms with Gasteiger partial charge in [0.05, 0.1) is 11.4 Å². The fourth-order valence-corrected chi connectivity index (χ4v) is 4.48. The topological polar surface area (TPSA) is 77.4 Å². The van der Waals surface area contributed by atoms with E-state index < -0.39 is 21.5 Å². The fraction of sp³-hybridized carbons (Fsp3) is 1.00. The van der Waals surface area contributed by atoms with Crippen LogP contribution in [0.2, 0.25) is 0 Å². The van der Waals surface area contributed by atoms with Crippen LogP contribution in [0.1, 0.15) is 123 Å². The van der Waals surface area contributed by atoms with E-state index in [-0.39, 0.29) is 51.4 Å². The molecule has 0 aliphatic rings. The second-order valence-electron chi connectivity index (χ2n) is 7.77. The molecule has 2 unspecified atom stereocenters. The largest absolute Gasteiger partial charge is 1.00 e. The molecule has 0 rings (SSSR count). The number of aliphatic hydroxyl groups excluding tert-OH is 1. The first-order valence-electron chi connectivity index (χ1n) is 11.1. The first-order valence-corrected chi connectivity index (χ1v) is 12.5. The van der Waals surface area contributed by atoms with Crippen molar-refractivity contribution in [3.05, 3.63) is 0 Å². The summed E-state index contributed by atoms with van der Waals surface area (Å²) in [5, 5.41) is 9.04. The van der Waals surface area contributed by atoms with Gasteiger partial charge >= 0.3 is 51.4 Å². The summed E-state index contributed by atoms with van der Waals surface area (Å²) in [6.45, 7) is 4.36. The zero-order valence-electron chi connectivity index (χ0n) is 18.3. The van der Waals surface area contributed by atoms with Crippen molar-refractivity contribution in [2.75, 3.05) is 0 Å². The molecule has 27 heavy (non-hydrogen) atoms. The van der Waals surface area contributed by atoms with E-state index in [1.165, 1.54) is 44.9 Å². The molecule has 0 radical (unpaired) electrons. The number of unbranched alkanes of at least 4 members (excludes halogenated alkanes) is 13. The molecule has 6 heteroatoms. The minimum Gasteiger partial charge on any atom is -0.748 e. The summed E-state index contributed by atoms with van der Waals surface area (Å²) in [7, 11) is -4.42. The van der Waals surface area contributed by atoms with Gasteiger partial charge in [0.2, 0.25) is 0 Å². The van der Waals surface area contributed by atoms with Crippen LogP contribution in [-0.2, 0) is 10.1 Å². The van der Waals surface area contributed by atoms with Crippen LogP contribution in [0.25, 0.3) is 0 Å². The standard InChI is InChI=1S/C21H44O4S.K/c1-3-5-7-9-10-11-12-13-15-17-19-21(26(23,24)25)20(22)18-16-14-8-6-4-2;/h20-22H,3-19H2,1-2H3,(H,23,24,25);/q;+1/p-1. The molecule has 2 atom stereocenters. The molecule has 0 saturated carbocycles. The SMILES string of the molecule is CCCCCCCCCCCCC(C(O)CCCCCCC)S(=O)(=O)[O-].[K+]. The summed E-state index contributed by atoms with van der Waals surface area (Å²) in [6, 6.07) is 0. The van der Waals surface area contributed by atoms with Crippen molar-refractivity contribution in [1.29, 1.82) is 0 Å². The van der Waals surface area contributed by atoms with Gasteiger partial charge in [0, 0.05) is 0 Å². The van der Waals surface area contributed by atoms with Crippen LogP contribution in [0.5, 0.6) is 0 Å². The minimum absolute atomic E-state index is 0. The Morgan fingerprint density at radius 2 is 1.00 bits per heavy atom. The normalized spacial score (nSPS) is 13.9.